The van der Waals surface area contributed by atoms with Gasteiger partial charge in [-0.3, -0.25) is 9.59 Å². The lowest BCUT2D eigenvalue weighted by molar-refractivity contribution is -0.116. The molecule has 0 bridgehead atoms. The number of thioether (sulfide) groups is 1. The monoisotopic (exact) mass is 406 g/mol. The molecule has 0 atom stereocenters. The van der Waals surface area contributed by atoms with Crippen LogP contribution in [0.4, 0.5) is 10.5 Å². The van der Waals surface area contributed by atoms with Crippen molar-refractivity contribution in [3.8, 4) is 11.5 Å². The van der Waals surface area contributed by atoms with Crippen LogP contribution in [-0.2, 0) is 4.79 Å². The van der Waals surface area contributed by atoms with E-state index in [1.165, 1.54) is 11.8 Å². The van der Waals surface area contributed by atoms with Crippen molar-refractivity contribution in [3.63, 3.8) is 0 Å². The molecule has 1 N–H and O–H groups in total. The second-order valence-electron chi connectivity index (χ2n) is 5.16. The van der Waals surface area contributed by atoms with E-state index in [-0.39, 0.29) is 17.7 Å². The first-order valence-corrected chi connectivity index (χ1v) is 9.13. The van der Waals surface area contributed by atoms with E-state index in [2.05, 4.69) is 21.2 Å². The predicted octanol–water partition coefficient (Wildman–Crippen LogP) is 4.35. The van der Waals surface area contributed by atoms with Crippen LogP contribution in [0.1, 0.15) is 0 Å². The SMILES string of the molecule is O=C(CN1CCSC1=O)Nc1ccc(Oc2ccc(Br)cc2)cc1. The number of anilines is 1. The van der Waals surface area contributed by atoms with Gasteiger partial charge in [-0.05, 0) is 48.5 Å². The van der Waals surface area contributed by atoms with Crippen LogP contribution in [0.2, 0.25) is 0 Å². The Morgan fingerprint density at radius 3 is 2.33 bits per heavy atom. The third kappa shape index (κ3) is 4.52. The quantitative estimate of drug-likeness (QED) is 0.801. The number of ether oxygens (including phenoxy) is 1. The molecule has 1 aliphatic rings. The normalized spacial score (nSPS) is 13.9. The number of nitrogens with one attached hydrogen (secondary N) is 1. The van der Waals surface area contributed by atoms with Crippen molar-refractivity contribution in [1.29, 1.82) is 0 Å². The van der Waals surface area contributed by atoms with Gasteiger partial charge in [-0.2, -0.15) is 0 Å². The maximum atomic E-state index is 12.0. The van der Waals surface area contributed by atoms with E-state index < -0.39 is 0 Å². The van der Waals surface area contributed by atoms with Crippen LogP contribution in [0.3, 0.4) is 0 Å². The number of amides is 2. The molecule has 5 nitrogen and oxygen atoms in total. The summed E-state index contributed by atoms with van der Waals surface area (Å²) in [5.74, 6) is 1.96. The van der Waals surface area contributed by atoms with Crippen molar-refractivity contribution in [2.45, 2.75) is 0 Å². The van der Waals surface area contributed by atoms with Gasteiger partial charge in [0.2, 0.25) is 5.91 Å². The highest BCUT2D eigenvalue weighted by atomic mass is 79.9. The van der Waals surface area contributed by atoms with E-state index in [4.69, 9.17) is 4.74 Å². The average molecular weight is 407 g/mol. The largest absolute Gasteiger partial charge is 0.457 e. The Morgan fingerprint density at radius 1 is 1.12 bits per heavy atom. The summed E-state index contributed by atoms with van der Waals surface area (Å²) < 4.78 is 6.71. The summed E-state index contributed by atoms with van der Waals surface area (Å²) >= 11 is 4.62. The van der Waals surface area contributed by atoms with E-state index in [1.807, 2.05) is 24.3 Å². The van der Waals surface area contributed by atoms with Crippen molar-refractivity contribution in [2.24, 2.45) is 0 Å². The van der Waals surface area contributed by atoms with Gasteiger partial charge in [0.25, 0.3) is 5.24 Å². The zero-order valence-electron chi connectivity index (χ0n) is 12.7. The molecular formula is C17H15BrN2O3S. The molecular weight excluding hydrogens is 392 g/mol. The topological polar surface area (TPSA) is 58.6 Å². The molecule has 124 valence electrons. The Labute approximate surface area is 152 Å². The fraction of sp³-hybridized carbons (Fsp3) is 0.176. The molecule has 2 aromatic carbocycles. The van der Waals surface area contributed by atoms with E-state index in [0.29, 0.717) is 18.0 Å². The first-order chi connectivity index (χ1) is 11.6. The highest BCUT2D eigenvalue weighted by Gasteiger charge is 2.23. The van der Waals surface area contributed by atoms with Crippen LogP contribution >= 0.6 is 27.7 Å². The first kappa shape index (κ1) is 16.9. The van der Waals surface area contributed by atoms with Gasteiger partial charge >= 0.3 is 0 Å². The van der Waals surface area contributed by atoms with Gasteiger partial charge in [-0.25, -0.2) is 0 Å². The molecule has 0 aromatic heterocycles. The summed E-state index contributed by atoms with van der Waals surface area (Å²) in [6.07, 6.45) is 0. The van der Waals surface area contributed by atoms with Crippen LogP contribution in [0.25, 0.3) is 0 Å². The molecule has 1 aliphatic heterocycles. The summed E-state index contributed by atoms with van der Waals surface area (Å²) in [6.45, 7) is 0.708. The number of hydrogen-bond donors (Lipinski definition) is 1. The average Bonchev–Trinajstić information content (AvgIpc) is 2.96. The molecule has 3 rings (SSSR count). The number of carbonyl (C=O) groups is 2. The van der Waals surface area contributed by atoms with Gasteiger partial charge in [0.15, 0.2) is 0 Å². The van der Waals surface area contributed by atoms with E-state index in [9.17, 15) is 9.59 Å². The van der Waals surface area contributed by atoms with Gasteiger partial charge in [0.05, 0.1) is 0 Å². The lowest BCUT2D eigenvalue weighted by Gasteiger charge is -2.14. The minimum atomic E-state index is -0.201. The number of carbonyl (C=O) groups excluding carboxylic acids is 2. The van der Waals surface area contributed by atoms with E-state index in [0.717, 1.165) is 16.0 Å². The maximum Gasteiger partial charge on any atom is 0.282 e. The lowest BCUT2D eigenvalue weighted by atomic mass is 10.3. The van der Waals surface area contributed by atoms with Crippen LogP contribution in [0.5, 0.6) is 11.5 Å². The fourth-order valence-corrected chi connectivity index (χ4v) is 3.28. The van der Waals surface area contributed by atoms with Gasteiger partial charge < -0.3 is 15.0 Å². The fourth-order valence-electron chi connectivity index (χ4n) is 2.19. The van der Waals surface area contributed by atoms with Gasteiger partial charge in [-0.1, -0.05) is 27.7 Å². The Morgan fingerprint density at radius 2 is 1.75 bits per heavy atom. The Hall–Kier alpha value is -1.99. The number of benzene rings is 2. The smallest absolute Gasteiger partial charge is 0.282 e. The third-order valence-corrected chi connectivity index (χ3v) is 4.79. The van der Waals surface area contributed by atoms with Gasteiger partial charge in [0, 0.05) is 22.5 Å². The molecule has 1 heterocycles. The van der Waals surface area contributed by atoms with E-state index >= 15 is 0 Å². The zero-order valence-corrected chi connectivity index (χ0v) is 15.1. The van der Waals surface area contributed by atoms with Crippen molar-refractivity contribution < 1.29 is 14.3 Å². The summed E-state index contributed by atoms with van der Waals surface area (Å²) in [5.41, 5.74) is 0.669. The number of hydrogen-bond acceptors (Lipinski definition) is 4. The Balaban J connectivity index is 1.55. The van der Waals surface area contributed by atoms with Crippen molar-refractivity contribution in [1.82, 2.24) is 4.90 Å². The highest BCUT2D eigenvalue weighted by Crippen LogP contribution is 2.24. The second-order valence-corrected chi connectivity index (χ2v) is 7.13. The minimum Gasteiger partial charge on any atom is -0.457 e. The van der Waals surface area contributed by atoms with Crippen molar-refractivity contribution in [2.75, 3.05) is 24.2 Å². The first-order valence-electron chi connectivity index (χ1n) is 7.35. The van der Waals surface area contributed by atoms with Crippen molar-refractivity contribution in [3.05, 3.63) is 53.0 Å². The molecule has 0 aliphatic carbocycles. The summed E-state index contributed by atoms with van der Waals surface area (Å²) in [4.78, 5) is 25.0. The predicted molar refractivity (Wildman–Crippen MR) is 98.7 cm³/mol. The van der Waals surface area contributed by atoms with Crippen LogP contribution in [-0.4, -0.2) is 34.9 Å². The van der Waals surface area contributed by atoms with Crippen LogP contribution in [0.15, 0.2) is 53.0 Å². The summed E-state index contributed by atoms with van der Waals surface area (Å²) in [7, 11) is 0. The van der Waals surface area contributed by atoms with Crippen LogP contribution < -0.4 is 10.1 Å². The molecule has 7 heteroatoms. The molecule has 1 fully saturated rings. The summed E-state index contributed by atoms with van der Waals surface area (Å²) in [6, 6.07) is 14.7. The molecule has 2 amide bonds. The number of halogens is 1. The zero-order chi connectivity index (χ0) is 16.9. The maximum absolute atomic E-state index is 12.0. The number of nitrogens with zero attached hydrogens (tertiary/aromatic N) is 1. The van der Waals surface area contributed by atoms with Gasteiger partial charge in [0.1, 0.15) is 18.0 Å². The molecule has 1 saturated heterocycles. The summed E-state index contributed by atoms with van der Waals surface area (Å²) in [5, 5.41) is 2.75. The van der Waals surface area contributed by atoms with Gasteiger partial charge in [-0.15, -0.1) is 0 Å². The van der Waals surface area contributed by atoms with E-state index in [1.54, 1.807) is 29.2 Å². The lowest BCUT2D eigenvalue weighted by Crippen LogP contribution is -2.33. The molecule has 0 spiro atoms. The number of rotatable bonds is 5. The Kier molecular flexibility index (Phi) is 5.42. The molecule has 0 radical (unpaired) electrons. The molecule has 24 heavy (non-hydrogen) atoms. The molecule has 0 saturated carbocycles. The van der Waals surface area contributed by atoms with Crippen LogP contribution in [0, 0.1) is 0 Å². The standard InChI is InChI=1S/C17H15BrN2O3S/c18-12-1-5-14(6-2-12)23-15-7-3-13(4-8-15)19-16(21)11-20-9-10-24-17(20)22/h1-8H,9-11H2,(H,19,21). The Bertz CT molecular complexity index is 735. The minimum absolute atomic E-state index is 0.0385. The second kappa shape index (κ2) is 7.72. The highest BCUT2D eigenvalue weighted by molar-refractivity contribution is 9.10. The van der Waals surface area contributed by atoms with Crippen molar-refractivity contribution >= 4 is 44.5 Å². The third-order valence-electron chi connectivity index (χ3n) is 3.37. The molecule has 2 aromatic rings. The molecule has 0 unspecified atom stereocenters.